The van der Waals surface area contributed by atoms with Gasteiger partial charge in [0.25, 0.3) is 5.91 Å². The summed E-state index contributed by atoms with van der Waals surface area (Å²) < 4.78 is 5.39. The third-order valence-corrected chi connectivity index (χ3v) is 4.59. The van der Waals surface area contributed by atoms with Crippen LogP contribution >= 0.6 is 0 Å². The van der Waals surface area contributed by atoms with E-state index >= 15 is 0 Å². The number of morpholine rings is 1. The Kier molecular flexibility index (Phi) is 4.21. The lowest BCUT2D eigenvalue weighted by Crippen LogP contribution is -2.35. The van der Waals surface area contributed by atoms with Gasteiger partial charge >= 0.3 is 0 Å². The molecule has 128 valence electrons. The molecule has 0 spiro atoms. The quantitative estimate of drug-likeness (QED) is 0.765. The third kappa shape index (κ3) is 3.26. The number of nitrogens with one attached hydrogen (secondary N) is 1. The molecule has 1 aliphatic rings. The Hall–Kier alpha value is -2.70. The normalized spacial score (nSPS) is 15.5. The van der Waals surface area contributed by atoms with Crippen molar-refractivity contribution in [2.75, 3.05) is 26.3 Å². The molecule has 0 bridgehead atoms. The van der Waals surface area contributed by atoms with Gasteiger partial charge in [0.1, 0.15) is 5.65 Å². The highest BCUT2D eigenvalue weighted by Gasteiger charge is 2.12. The minimum absolute atomic E-state index is 0.453. The zero-order chi connectivity index (χ0) is 17.2. The molecule has 0 saturated carbocycles. The van der Waals surface area contributed by atoms with Gasteiger partial charge in [0.2, 0.25) is 0 Å². The summed E-state index contributed by atoms with van der Waals surface area (Å²) in [5.74, 6) is -0.453. The first kappa shape index (κ1) is 15.8. The van der Waals surface area contributed by atoms with Gasteiger partial charge in [-0.2, -0.15) is 0 Å². The van der Waals surface area contributed by atoms with Crippen LogP contribution in [0.3, 0.4) is 0 Å². The Balaban J connectivity index is 1.58. The molecule has 0 aliphatic carbocycles. The van der Waals surface area contributed by atoms with Crippen LogP contribution in [0.2, 0.25) is 0 Å². The van der Waals surface area contributed by atoms with E-state index < -0.39 is 5.91 Å². The number of ether oxygens (including phenoxy) is 1. The molecule has 25 heavy (non-hydrogen) atoms. The van der Waals surface area contributed by atoms with E-state index in [1.54, 1.807) is 12.4 Å². The van der Waals surface area contributed by atoms with E-state index in [-0.39, 0.29) is 0 Å². The van der Waals surface area contributed by atoms with Gasteiger partial charge in [-0.15, -0.1) is 0 Å². The number of amides is 1. The average molecular weight is 336 g/mol. The molecular weight excluding hydrogens is 316 g/mol. The monoisotopic (exact) mass is 336 g/mol. The average Bonchev–Trinajstić information content (AvgIpc) is 3.07. The van der Waals surface area contributed by atoms with Gasteiger partial charge in [-0.3, -0.25) is 9.69 Å². The first-order valence-corrected chi connectivity index (χ1v) is 8.37. The standard InChI is InChI=1S/C19H20N4O2/c20-18(24)17-11-22-19-16(17)9-15(10-21-19)14-3-1-13(2-4-14)12-23-5-7-25-8-6-23/h1-4,9-11H,5-8,12H2,(H2,20,24)(H,21,22). The van der Waals surface area contributed by atoms with Gasteiger partial charge in [-0.1, -0.05) is 24.3 Å². The molecule has 3 aromatic rings. The van der Waals surface area contributed by atoms with Crippen molar-refractivity contribution in [3.8, 4) is 11.1 Å². The van der Waals surface area contributed by atoms with Crippen LogP contribution in [0, 0.1) is 0 Å². The number of aromatic amines is 1. The van der Waals surface area contributed by atoms with Crippen molar-refractivity contribution in [3.63, 3.8) is 0 Å². The molecule has 6 nitrogen and oxygen atoms in total. The molecule has 1 saturated heterocycles. The van der Waals surface area contributed by atoms with Crippen molar-refractivity contribution in [2.45, 2.75) is 6.54 Å². The van der Waals surface area contributed by atoms with Gasteiger partial charge in [0, 0.05) is 43.0 Å². The lowest BCUT2D eigenvalue weighted by atomic mass is 10.0. The molecular formula is C19H20N4O2. The number of hydrogen-bond donors (Lipinski definition) is 2. The number of aromatic nitrogens is 2. The van der Waals surface area contributed by atoms with Gasteiger partial charge in [-0.05, 0) is 17.2 Å². The third-order valence-electron chi connectivity index (χ3n) is 4.59. The summed E-state index contributed by atoms with van der Waals surface area (Å²) in [7, 11) is 0. The fourth-order valence-electron chi connectivity index (χ4n) is 3.19. The molecule has 0 atom stereocenters. The molecule has 1 fully saturated rings. The smallest absolute Gasteiger partial charge is 0.250 e. The zero-order valence-corrected chi connectivity index (χ0v) is 13.9. The lowest BCUT2D eigenvalue weighted by Gasteiger charge is -2.26. The van der Waals surface area contributed by atoms with Gasteiger partial charge < -0.3 is 15.5 Å². The van der Waals surface area contributed by atoms with E-state index in [0.29, 0.717) is 11.2 Å². The predicted molar refractivity (Wildman–Crippen MR) is 96.1 cm³/mol. The molecule has 3 heterocycles. The van der Waals surface area contributed by atoms with E-state index in [4.69, 9.17) is 10.5 Å². The first-order valence-electron chi connectivity index (χ1n) is 8.37. The van der Waals surface area contributed by atoms with Crippen molar-refractivity contribution in [1.82, 2.24) is 14.9 Å². The van der Waals surface area contributed by atoms with Crippen molar-refractivity contribution in [3.05, 3.63) is 53.9 Å². The van der Waals surface area contributed by atoms with Crippen LogP contribution in [0.15, 0.2) is 42.7 Å². The second-order valence-corrected chi connectivity index (χ2v) is 6.27. The molecule has 1 aliphatic heterocycles. The van der Waals surface area contributed by atoms with E-state index in [1.807, 2.05) is 6.07 Å². The summed E-state index contributed by atoms with van der Waals surface area (Å²) in [4.78, 5) is 21.3. The van der Waals surface area contributed by atoms with Crippen LogP contribution < -0.4 is 5.73 Å². The summed E-state index contributed by atoms with van der Waals surface area (Å²) in [6, 6.07) is 10.4. The topological polar surface area (TPSA) is 84.2 Å². The second-order valence-electron chi connectivity index (χ2n) is 6.27. The number of hydrogen-bond acceptors (Lipinski definition) is 4. The number of carbonyl (C=O) groups is 1. The van der Waals surface area contributed by atoms with Crippen LogP contribution in [0.4, 0.5) is 0 Å². The highest BCUT2D eigenvalue weighted by molar-refractivity contribution is 6.05. The largest absolute Gasteiger partial charge is 0.379 e. The Morgan fingerprint density at radius 3 is 2.68 bits per heavy atom. The fourth-order valence-corrected chi connectivity index (χ4v) is 3.19. The van der Waals surface area contributed by atoms with Crippen molar-refractivity contribution in [1.29, 1.82) is 0 Å². The SMILES string of the molecule is NC(=O)c1c[nH]c2ncc(-c3ccc(CN4CCOCC4)cc3)cc12. The van der Waals surface area contributed by atoms with E-state index in [2.05, 4.69) is 39.1 Å². The Bertz CT molecular complexity index is 895. The predicted octanol–water partition coefficient (Wildman–Crippen LogP) is 2.16. The minimum atomic E-state index is -0.453. The number of fused-ring (bicyclic) bond motifs is 1. The maximum Gasteiger partial charge on any atom is 0.250 e. The first-order chi connectivity index (χ1) is 12.2. The van der Waals surface area contributed by atoms with Crippen molar-refractivity contribution < 1.29 is 9.53 Å². The maximum absolute atomic E-state index is 11.5. The minimum Gasteiger partial charge on any atom is -0.379 e. The molecule has 2 aromatic heterocycles. The van der Waals surface area contributed by atoms with Crippen molar-refractivity contribution >= 4 is 16.9 Å². The van der Waals surface area contributed by atoms with Crippen LogP contribution in [0.5, 0.6) is 0 Å². The molecule has 1 aromatic carbocycles. The molecule has 1 amide bonds. The number of primary amides is 1. The van der Waals surface area contributed by atoms with Crippen LogP contribution in [-0.4, -0.2) is 47.1 Å². The Morgan fingerprint density at radius 2 is 1.96 bits per heavy atom. The number of rotatable bonds is 4. The van der Waals surface area contributed by atoms with E-state index in [0.717, 1.165) is 49.4 Å². The van der Waals surface area contributed by atoms with Crippen LogP contribution in [-0.2, 0) is 11.3 Å². The number of pyridine rings is 1. The fraction of sp³-hybridized carbons (Fsp3) is 0.263. The number of carbonyl (C=O) groups excluding carboxylic acids is 1. The molecule has 6 heteroatoms. The zero-order valence-electron chi connectivity index (χ0n) is 13.9. The van der Waals surface area contributed by atoms with Crippen LogP contribution in [0.25, 0.3) is 22.2 Å². The van der Waals surface area contributed by atoms with E-state index in [1.165, 1.54) is 5.56 Å². The lowest BCUT2D eigenvalue weighted by molar-refractivity contribution is 0.0342. The highest BCUT2D eigenvalue weighted by atomic mass is 16.5. The summed E-state index contributed by atoms with van der Waals surface area (Å²) >= 11 is 0. The van der Waals surface area contributed by atoms with Gasteiger partial charge in [-0.25, -0.2) is 4.98 Å². The van der Waals surface area contributed by atoms with Gasteiger partial charge in [0.05, 0.1) is 18.8 Å². The molecule has 0 unspecified atom stereocenters. The Morgan fingerprint density at radius 1 is 1.20 bits per heavy atom. The molecule has 0 radical (unpaired) electrons. The number of benzene rings is 1. The number of nitrogens with zero attached hydrogens (tertiary/aromatic N) is 2. The number of H-pyrrole nitrogens is 1. The second kappa shape index (κ2) is 6.66. The Labute approximate surface area is 145 Å². The maximum atomic E-state index is 11.5. The molecule has 3 N–H and O–H groups in total. The summed E-state index contributed by atoms with van der Waals surface area (Å²) in [5, 5.41) is 0.752. The van der Waals surface area contributed by atoms with E-state index in [9.17, 15) is 4.79 Å². The molecule has 4 rings (SSSR count). The number of nitrogens with two attached hydrogens (primary N) is 1. The summed E-state index contributed by atoms with van der Waals surface area (Å²) in [6.45, 7) is 4.51. The van der Waals surface area contributed by atoms with Crippen LogP contribution in [0.1, 0.15) is 15.9 Å². The van der Waals surface area contributed by atoms with Crippen molar-refractivity contribution in [2.24, 2.45) is 5.73 Å². The highest BCUT2D eigenvalue weighted by Crippen LogP contribution is 2.25. The van der Waals surface area contributed by atoms with Gasteiger partial charge in [0.15, 0.2) is 0 Å². The summed E-state index contributed by atoms with van der Waals surface area (Å²) in [6.07, 6.45) is 3.41. The summed E-state index contributed by atoms with van der Waals surface area (Å²) in [5.41, 5.74) is 9.86.